The molecule has 0 aliphatic carbocycles. The van der Waals surface area contributed by atoms with Crippen molar-refractivity contribution in [3.8, 4) is 0 Å². The lowest BCUT2D eigenvalue weighted by atomic mass is 10.2. The van der Waals surface area contributed by atoms with Crippen LogP contribution in [0.1, 0.15) is 12.8 Å². The molecule has 0 bridgehead atoms. The standard InChI is InChI=1S/C14H18N2O3/c1-15(11-7-4-3-5-8-11)13(17)12-9-6-10-16(12)14(18)19-2/h3-5,7-8,12H,6,9-10H2,1-2H3. The molecule has 1 aromatic rings. The first-order chi connectivity index (χ1) is 9.15. The highest BCUT2D eigenvalue weighted by atomic mass is 16.5. The van der Waals surface area contributed by atoms with Gasteiger partial charge in [0, 0.05) is 19.3 Å². The second kappa shape index (κ2) is 5.73. The molecular formula is C14H18N2O3. The van der Waals surface area contributed by atoms with Gasteiger partial charge < -0.3 is 9.64 Å². The van der Waals surface area contributed by atoms with Gasteiger partial charge in [0.05, 0.1) is 7.11 Å². The predicted octanol–water partition coefficient (Wildman–Crippen LogP) is 1.88. The fourth-order valence-corrected chi connectivity index (χ4v) is 2.36. The molecule has 1 unspecified atom stereocenters. The van der Waals surface area contributed by atoms with Gasteiger partial charge >= 0.3 is 6.09 Å². The maximum absolute atomic E-state index is 12.5. The molecule has 5 nitrogen and oxygen atoms in total. The second-order valence-corrected chi connectivity index (χ2v) is 4.55. The SMILES string of the molecule is COC(=O)N1CCCC1C(=O)N(C)c1ccccc1. The third-order valence-corrected chi connectivity index (χ3v) is 3.42. The van der Waals surface area contributed by atoms with E-state index in [-0.39, 0.29) is 5.91 Å². The summed E-state index contributed by atoms with van der Waals surface area (Å²) < 4.78 is 4.72. The van der Waals surface area contributed by atoms with Gasteiger partial charge in [0.25, 0.3) is 0 Å². The number of likely N-dealkylation sites (N-methyl/N-ethyl adjacent to an activating group) is 1. The van der Waals surface area contributed by atoms with Gasteiger partial charge in [0.2, 0.25) is 5.91 Å². The molecule has 2 rings (SSSR count). The molecule has 0 N–H and O–H groups in total. The molecule has 19 heavy (non-hydrogen) atoms. The fourth-order valence-electron chi connectivity index (χ4n) is 2.36. The zero-order valence-electron chi connectivity index (χ0n) is 11.2. The summed E-state index contributed by atoms with van der Waals surface area (Å²) in [5.41, 5.74) is 0.823. The number of hydrogen-bond donors (Lipinski definition) is 0. The fraction of sp³-hybridized carbons (Fsp3) is 0.429. The van der Waals surface area contributed by atoms with E-state index < -0.39 is 12.1 Å². The molecule has 1 saturated heterocycles. The van der Waals surface area contributed by atoms with E-state index >= 15 is 0 Å². The van der Waals surface area contributed by atoms with Gasteiger partial charge in [0.15, 0.2) is 0 Å². The van der Waals surface area contributed by atoms with Crippen molar-refractivity contribution < 1.29 is 14.3 Å². The first-order valence-electron chi connectivity index (χ1n) is 6.32. The van der Waals surface area contributed by atoms with Crippen LogP contribution in [0.3, 0.4) is 0 Å². The summed E-state index contributed by atoms with van der Waals surface area (Å²) in [7, 11) is 3.06. The Balaban J connectivity index is 2.13. The van der Waals surface area contributed by atoms with Crippen molar-refractivity contribution >= 4 is 17.7 Å². The average Bonchev–Trinajstić information content (AvgIpc) is 2.95. The van der Waals surface area contributed by atoms with Gasteiger partial charge in [-0.2, -0.15) is 0 Å². The summed E-state index contributed by atoms with van der Waals surface area (Å²) >= 11 is 0. The van der Waals surface area contributed by atoms with Crippen molar-refractivity contribution in [2.75, 3.05) is 25.6 Å². The molecule has 5 heteroatoms. The Labute approximate surface area is 112 Å². The zero-order chi connectivity index (χ0) is 13.8. The van der Waals surface area contributed by atoms with Crippen molar-refractivity contribution in [2.24, 2.45) is 0 Å². The number of anilines is 1. The summed E-state index contributed by atoms with van der Waals surface area (Å²) in [4.78, 5) is 27.2. The topological polar surface area (TPSA) is 49.9 Å². The van der Waals surface area contributed by atoms with Crippen LogP contribution in [-0.2, 0) is 9.53 Å². The summed E-state index contributed by atoms with van der Waals surface area (Å²) in [5, 5.41) is 0. The highest BCUT2D eigenvalue weighted by Crippen LogP contribution is 2.22. The number of carbonyl (C=O) groups excluding carboxylic acids is 2. The lowest BCUT2D eigenvalue weighted by Crippen LogP contribution is -2.46. The van der Waals surface area contributed by atoms with Gasteiger partial charge in [-0.3, -0.25) is 9.69 Å². The summed E-state index contributed by atoms with van der Waals surface area (Å²) in [6, 6.07) is 8.98. The number of rotatable bonds is 2. The van der Waals surface area contributed by atoms with E-state index in [0.717, 1.165) is 12.1 Å². The Morgan fingerprint density at radius 1 is 1.32 bits per heavy atom. The number of likely N-dealkylation sites (tertiary alicyclic amines) is 1. The third-order valence-electron chi connectivity index (χ3n) is 3.42. The van der Waals surface area contributed by atoms with Gasteiger partial charge in [0.1, 0.15) is 6.04 Å². The van der Waals surface area contributed by atoms with E-state index in [1.54, 1.807) is 11.9 Å². The molecule has 0 saturated carbocycles. The normalized spacial score (nSPS) is 18.2. The highest BCUT2D eigenvalue weighted by Gasteiger charge is 2.36. The van der Waals surface area contributed by atoms with Crippen LogP contribution in [-0.4, -0.2) is 43.6 Å². The second-order valence-electron chi connectivity index (χ2n) is 4.55. The van der Waals surface area contributed by atoms with Crippen molar-refractivity contribution in [1.82, 2.24) is 4.90 Å². The van der Waals surface area contributed by atoms with E-state index in [1.807, 2.05) is 30.3 Å². The van der Waals surface area contributed by atoms with E-state index in [9.17, 15) is 9.59 Å². The van der Waals surface area contributed by atoms with Crippen LogP contribution in [0.5, 0.6) is 0 Å². The average molecular weight is 262 g/mol. The molecule has 0 aromatic heterocycles. The van der Waals surface area contributed by atoms with E-state index in [2.05, 4.69) is 0 Å². The highest BCUT2D eigenvalue weighted by molar-refractivity contribution is 5.98. The van der Waals surface area contributed by atoms with E-state index in [4.69, 9.17) is 4.74 Å². The van der Waals surface area contributed by atoms with Crippen LogP contribution < -0.4 is 4.90 Å². The third kappa shape index (κ3) is 2.70. The lowest BCUT2D eigenvalue weighted by Gasteiger charge is -2.27. The zero-order valence-corrected chi connectivity index (χ0v) is 11.2. The van der Waals surface area contributed by atoms with Crippen LogP contribution >= 0.6 is 0 Å². The molecule has 1 heterocycles. The summed E-state index contributed by atoms with van der Waals surface area (Å²) in [6.45, 7) is 0.575. The minimum absolute atomic E-state index is 0.0749. The molecule has 1 aromatic carbocycles. The number of ether oxygens (including phenoxy) is 1. The first-order valence-corrected chi connectivity index (χ1v) is 6.32. The van der Waals surface area contributed by atoms with Gasteiger partial charge in [-0.05, 0) is 25.0 Å². The van der Waals surface area contributed by atoms with E-state index in [0.29, 0.717) is 13.0 Å². The number of para-hydroxylation sites is 1. The van der Waals surface area contributed by atoms with Crippen LogP contribution in [0, 0.1) is 0 Å². The minimum atomic E-state index is -0.433. The summed E-state index contributed by atoms with van der Waals surface area (Å²) in [6.07, 6.45) is 1.08. The van der Waals surface area contributed by atoms with Crippen LogP contribution in [0.2, 0.25) is 0 Å². The van der Waals surface area contributed by atoms with Crippen LogP contribution in [0.4, 0.5) is 10.5 Å². The predicted molar refractivity (Wildman–Crippen MR) is 72.0 cm³/mol. The molecule has 1 atom stereocenters. The number of nitrogens with zero attached hydrogens (tertiary/aromatic N) is 2. The van der Waals surface area contributed by atoms with Gasteiger partial charge in [-0.15, -0.1) is 0 Å². The molecule has 2 amide bonds. The Kier molecular flexibility index (Phi) is 4.04. The quantitative estimate of drug-likeness (QED) is 0.817. The number of carbonyl (C=O) groups is 2. The maximum Gasteiger partial charge on any atom is 0.410 e. The Morgan fingerprint density at radius 3 is 2.63 bits per heavy atom. The Bertz CT molecular complexity index is 461. The van der Waals surface area contributed by atoms with Crippen molar-refractivity contribution in [1.29, 1.82) is 0 Å². The number of benzene rings is 1. The van der Waals surface area contributed by atoms with Crippen molar-refractivity contribution in [2.45, 2.75) is 18.9 Å². The summed E-state index contributed by atoms with van der Waals surface area (Å²) in [5.74, 6) is -0.0749. The molecule has 1 aliphatic rings. The molecule has 0 spiro atoms. The maximum atomic E-state index is 12.5. The molecule has 1 fully saturated rings. The van der Waals surface area contributed by atoms with Gasteiger partial charge in [-0.1, -0.05) is 18.2 Å². The van der Waals surface area contributed by atoms with Gasteiger partial charge in [-0.25, -0.2) is 4.79 Å². The molecule has 1 aliphatic heterocycles. The largest absolute Gasteiger partial charge is 0.453 e. The molecule has 102 valence electrons. The molecule has 0 radical (unpaired) electrons. The minimum Gasteiger partial charge on any atom is -0.453 e. The lowest BCUT2D eigenvalue weighted by molar-refractivity contribution is -0.122. The number of methoxy groups -OCH3 is 1. The van der Waals surface area contributed by atoms with Crippen LogP contribution in [0.25, 0.3) is 0 Å². The van der Waals surface area contributed by atoms with Crippen molar-refractivity contribution in [3.05, 3.63) is 30.3 Å². The first kappa shape index (κ1) is 13.4. The van der Waals surface area contributed by atoms with Crippen molar-refractivity contribution in [3.63, 3.8) is 0 Å². The van der Waals surface area contributed by atoms with E-state index in [1.165, 1.54) is 12.0 Å². The molecular weight excluding hydrogens is 244 g/mol. The number of amides is 2. The monoisotopic (exact) mass is 262 g/mol. The Hall–Kier alpha value is -2.04. The number of hydrogen-bond acceptors (Lipinski definition) is 3. The Morgan fingerprint density at radius 2 is 2.00 bits per heavy atom. The van der Waals surface area contributed by atoms with Crippen LogP contribution in [0.15, 0.2) is 30.3 Å². The smallest absolute Gasteiger partial charge is 0.410 e.